The first kappa shape index (κ1) is 21.6. The van der Waals surface area contributed by atoms with Gasteiger partial charge in [0.1, 0.15) is 5.82 Å². The summed E-state index contributed by atoms with van der Waals surface area (Å²) in [5.74, 6) is 0.468. The molecule has 1 saturated heterocycles. The fraction of sp³-hybridized carbons (Fsp3) is 0.421. The summed E-state index contributed by atoms with van der Waals surface area (Å²) in [4.78, 5) is 9.74. The van der Waals surface area contributed by atoms with Crippen molar-refractivity contribution in [3.8, 4) is 0 Å². The van der Waals surface area contributed by atoms with E-state index in [1.165, 1.54) is 0 Å². The average molecular weight is 444 g/mol. The fourth-order valence-electron chi connectivity index (χ4n) is 3.13. The largest absolute Gasteiger partial charge is 0.433 e. The Balaban J connectivity index is 1.73. The van der Waals surface area contributed by atoms with E-state index < -0.39 is 11.9 Å². The number of alkyl halides is 3. The Morgan fingerprint density at radius 2 is 2.00 bits per heavy atom. The molecule has 29 heavy (non-hydrogen) atoms. The van der Waals surface area contributed by atoms with Crippen LogP contribution in [0.4, 0.5) is 24.9 Å². The van der Waals surface area contributed by atoms with Gasteiger partial charge in [-0.2, -0.15) is 18.2 Å². The van der Waals surface area contributed by atoms with E-state index in [0.29, 0.717) is 30.6 Å². The van der Waals surface area contributed by atoms with Crippen molar-refractivity contribution in [2.45, 2.75) is 32.5 Å². The molecule has 0 radical (unpaired) electrons. The highest BCUT2D eigenvalue weighted by Crippen LogP contribution is 2.31. The highest BCUT2D eigenvalue weighted by atomic mass is 35.5. The summed E-state index contributed by atoms with van der Waals surface area (Å²) < 4.78 is 40.0. The number of nitrogens with one attached hydrogen (secondary N) is 2. The van der Waals surface area contributed by atoms with Gasteiger partial charge in [0, 0.05) is 30.7 Å². The van der Waals surface area contributed by atoms with Crippen molar-refractivity contribution in [3.63, 3.8) is 0 Å². The van der Waals surface area contributed by atoms with Gasteiger partial charge in [-0.05, 0) is 48.7 Å². The number of hydrogen-bond donors (Lipinski definition) is 2. The molecule has 0 saturated carbocycles. The normalized spacial score (nSPS) is 17.1. The predicted octanol–water partition coefficient (Wildman–Crippen LogP) is 4.87. The molecule has 1 aromatic heterocycles. The summed E-state index contributed by atoms with van der Waals surface area (Å²) in [5.41, 5.74) is -0.0739. The molecule has 0 aliphatic carbocycles. The van der Waals surface area contributed by atoms with Crippen molar-refractivity contribution >= 4 is 40.7 Å². The van der Waals surface area contributed by atoms with E-state index in [2.05, 4.69) is 27.5 Å². The van der Waals surface area contributed by atoms with Crippen LogP contribution in [-0.4, -0.2) is 28.2 Å². The Kier molecular flexibility index (Phi) is 6.79. The molecule has 156 valence electrons. The van der Waals surface area contributed by atoms with Gasteiger partial charge in [0.2, 0.25) is 5.95 Å². The third-order valence-corrected chi connectivity index (χ3v) is 5.07. The number of aromatic nitrogens is 2. The van der Waals surface area contributed by atoms with Crippen LogP contribution in [0.2, 0.25) is 5.02 Å². The molecule has 2 N–H and O–H groups in total. The van der Waals surface area contributed by atoms with Crippen LogP contribution in [0, 0.1) is 5.92 Å². The van der Waals surface area contributed by atoms with E-state index in [1.54, 1.807) is 12.1 Å². The maximum atomic E-state index is 13.3. The molecule has 2 heterocycles. The van der Waals surface area contributed by atoms with E-state index in [1.807, 2.05) is 17.0 Å². The summed E-state index contributed by atoms with van der Waals surface area (Å²) in [5, 5.41) is 6.36. The molecule has 10 heteroatoms. The molecule has 1 aliphatic rings. The van der Waals surface area contributed by atoms with E-state index >= 15 is 0 Å². The lowest BCUT2D eigenvalue weighted by Gasteiger charge is -2.32. The van der Waals surface area contributed by atoms with Crippen LogP contribution < -0.4 is 15.5 Å². The van der Waals surface area contributed by atoms with Crippen LogP contribution in [0.5, 0.6) is 0 Å². The van der Waals surface area contributed by atoms with Crippen molar-refractivity contribution in [2.24, 2.45) is 5.92 Å². The molecule has 0 unspecified atom stereocenters. The smallest absolute Gasteiger partial charge is 0.358 e. The van der Waals surface area contributed by atoms with Crippen molar-refractivity contribution in [2.75, 3.05) is 23.3 Å². The van der Waals surface area contributed by atoms with Gasteiger partial charge in [-0.1, -0.05) is 30.7 Å². The van der Waals surface area contributed by atoms with Gasteiger partial charge in [-0.3, -0.25) is 0 Å². The summed E-state index contributed by atoms with van der Waals surface area (Å²) in [6, 6.07) is 8.14. The molecule has 0 amide bonds. The second-order valence-corrected chi connectivity index (χ2v) is 7.90. The quantitative estimate of drug-likeness (QED) is 0.657. The minimum Gasteiger partial charge on any atom is -0.358 e. The number of hydrogen-bond acceptors (Lipinski definition) is 4. The minimum absolute atomic E-state index is 0.136. The molecule has 1 aliphatic heterocycles. The maximum Gasteiger partial charge on any atom is 0.433 e. The Hall–Kier alpha value is -2.13. The molecule has 1 atom stereocenters. The molecule has 5 nitrogen and oxygen atoms in total. The van der Waals surface area contributed by atoms with Gasteiger partial charge in [0.15, 0.2) is 10.8 Å². The van der Waals surface area contributed by atoms with E-state index in [9.17, 15) is 13.2 Å². The van der Waals surface area contributed by atoms with Gasteiger partial charge in [-0.25, -0.2) is 4.98 Å². The van der Waals surface area contributed by atoms with Crippen molar-refractivity contribution in [1.82, 2.24) is 15.3 Å². The molecule has 3 rings (SSSR count). The van der Waals surface area contributed by atoms with E-state index in [-0.39, 0.29) is 16.9 Å². The number of piperidine rings is 1. The van der Waals surface area contributed by atoms with Crippen LogP contribution in [0.3, 0.4) is 0 Å². The first-order valence-corrected chi connectivity index (χ1v) is 10.00. The van der Waals surface area contributed by atoms with Crippen molar-refractivity contribution < 1.29 is 13.2 Å². The lowest BCUT2D eigenvalue weighted by molar-refractivity contribution is -0.141. The van der Waals surface area contributed by atoms with E-state index in [0.717, 1.165) is 24.5 Å². The number of halogens is 4. The average Bonchev–Trinajstić information content (AvgIpc) is 2.66. The van der Waals surface area contributed by atoms with Crippen molar-refractivity contribution in [1.29, 1.82) is 0 Å². The number of thiocarbonyl (C=S) groups is 1. The molecule has 2 aromatic rings. The monoisotopic (exact) mass is 443 g/mol. The second kappa shape index (κ2) is 9.13. The Bertz CT molecular complexity index is 860. The summed E-state index contributed by atoms with van der Waals surface area (Å²) in [6.45, 7) is 3.79. The van der Waals surface area contributed by atoms with Crippen LogP contribution in [-0.2, 0) is 12.7 Å². The SMILES string of the molecule is C[C@@H]1CCCN(c2cc(C(F)(F)F)nc(NC(=S)NCc3ccc(Cl)cc3)n2)C1. The topological polar surface area (TPSA) is 53.1 Å². The van der Waals surface area contributed by atoms with Crippen LogP contribution >= 0.6 is 23.8 Å². The number of rotatable bonds is 4. The maximum absolute atomic E-state index is 13.3. The zero-order chi connectivity index (χ0) is 21.0. The van der Waals surface area contributed by atoms with Gasteiger partial charge >= 0.3 is 6.18 Å². The number of benzene rings is 1. The van der Waals surface area contributed by atoms with Crippen LogP contribution in [0.1, 0.15) is 31.0 Å². The Morgan fingerprint density at radius 1 is 1.28 bits per heavy atom. The molecule has 0 bridgehead atoms. The first-order chi connectivity index (χ1) is 13.7. The van der Waals surface area contributed by atoms with Gasteiger partial charge in [0.25, 0.3) is 0 Å². The van der Waals surface area contributed by atoms with E-state index in [4.69, 9.17) is 23.8 Å². The zero-order valence-corrected chi connectivity index (χ0v) is 17.3. The third-order valence-electron chi connectivity index (χ3n) is 4.58. The predicted molar refractivity (Wildman–Crippen MR) is 112 cm³/mol. The number of nitrogens with zero attached hydrogens (tertiary/aromatic N) is 3. The minimum atomic E-state index is -4.58. The summed E-state index contributed by atoms with van der Waals surface area (Å²) in [7, 11) is 0. The molecule has 1 fully saturated rings. The standard InChI is InChI=1S/C19H21ClF3N5S/c1-12-3-2-8-28(11-12)16-9-15(19(21,22)23)25-17(26-16)27-18(29)24-10-13-4-6-14(20)7-5-13/h4-7,9,12H,2-3,8,10-11H2,1H3,(H2,24,25,26,27,29)/t12-/m1/s1. The highest BCUT2D eigenvalue weighted by molar-refractivity contribution is 7.80. The van der Waals surface area contributed by atoms with Crippen LogP contribution in [0.15, 0.2) is 30.3 Å². The number of anilines is 2. The molecule has 1 aromatic carbocycles. The third kappa shape index (κ3) is 6.17. The zero-order valence-electron chi connectivity index (χ0n) is 15.8. The fourth-order valence-corrected chi connectivity index (χ4v) is 3.41. The lowest BCUT2D eigenvalue weighted by Crippen LogP contribution is -2.35. The van der Waals surface area contributed by atoms with Gasteiger partial charge in [0.05, 0.1) is 0 Å². The van der Waals surface area contributed by atoms with Crippen molar-refractivity contribution in [3.05, 3.63) is 46.6 Å². The summed E-state index contributed by atoms with van der Waals surface area (Å²) >= 11 is 11.0. The molecular formula is C19H21ClF3N5S. The van der Waals surface area contributed by atoms with Gasteiger partial charge < -0.3 is 15.5 Å². The molecule has 0 spiro atoms. The second-order valence-electron chi connectivity index (χ2n) is 7.06. The summed E-state index contributed by atoms with van der Waals surface area (Å²) in [6.07, 6.45) is -2.61. The highest BCUT2D eigenvalue weighted by Gasteiger charge is 2.34. The first-order valence-electron chi connectivity index (χ1n) is 9.21. The Labute approximate surface area is 177 Å². The Morgan fingerprint density at radius 3 is 2.66 bits per heavy atom. The lowest BCUT2D eigenvalue weighted by atomic mass is 10.0. The molecular weight excluding hydrogens is 423 g/mol. The van der Waals surface area contributed by atoms with Crippen LogP contribution in [0.25, 0.3) is 0 Å². The van der Waals surface area contributed by atoms with Gasteiger partial charge in [-0.15, -0.1) is 0 Å².